The normalized spacial score (nSPS) is 23.0. The van der Waals surface area contributed by atoms with Crippen molar-refractivity contribution in [2.45, 2.75) is 25.3 Å². The van der Waals surface area contributed by atoms with E-state index in [2.05, 4.69) is 4.90 Å². The minimum absolute atomic E-state index is 0.00450. The number of piperidine rings is 1. The summed E-state index contributed by atoms with van der Waals surface area (Å²) in [5.41, 5.74) is 0.543. The molecule has 1 aromatic rings. The molecule has 0 radical (unpaired) electrons. The quantitative estimate of drug-likeness (QED) is 0.919. The fourth-order valence-corrected chi connectivity index (χ4v) is 3.53. The number of benzene rings is 1. The minimum atomic E-state index is 0.00450. The predicted molar refractivity (Wildman–Crippen MR) is 89.1 cm³/mol. The zero-order valence-electron chi connectivity index (χ0n) is 13.2. The summed E-state index contributed by atoms with van der Waals surface area (Å²) in [6, 6.07) is 4.92. The third-order valence-corrected chi connectivity index (χ3v) is 4.96. The average molecular weight is 339 g/mol. The lowest BCUT2D eigenvalue weighted by Crippen LogP contribution is -2.51. The number of hydrogen-bond donors (Lipinski definition) is 1. The van der Waals surface area contributed by atoms with Crippen LogP contribution in [0.3, 0.4) is 0 Å². The van der Waals surface area contributed by atoms with Crippen LogP contribution in [0.25, 0.3) is 0 Å². The van der Waals surface area contributed by atoms with E-state index in [-0.39, 0.29) is 22.7 Å². The van der Waals surface area contributed by atoms with Crippen LogP contribution in [0.15, 0.2) is 18.2 Å². The molecular formula is C17H23ClN2O3. The van der Waals surface area contributed by atoms with Gasteiger partial charge < -0.3 is 14.7 Å². The molecule has 2 aliphatic heterocycles. The monoisotopic (exact) mass is 338 g/mol. The first-order valence-electron chi connectivity index (χ1n) is 8.25. The molecule has 2 fully saturated rings. The maximum Gasteiger partial charge on any atom is 0.254 e. The van der Waals surface area contributed by atoms with Crippen molar-refractivity contribution in [2.75, 3.05) is 39.4 Å². The molecule has 6 heteroatoms. The van der Waals surface area contributed by atoms with Crippen LogP contribution in [0, 0.1) is 0 Å². The average Bonchev–Trinajstić information content (AvgIpc) is 2.58. The summed E-state index contributed by atoms with van der Waals surface area (Å²) in [4.78, 5) is 17.2. The van der Waals surface area contributed by atoms with Crippen molar-refractivity contribution in [3.63, 3.8) is 0 Å². The van der Waals surface area contributed by atoms with Crippen LogP contribution in [0.2, 0.25) is 5.02 Å². The second-order valence-corrected chi connectivity index (χ2v) is 6.63. The van der Waals surface area contributed by atoms with E-state index in [1.807, 2.05) is 4.90 Å². The van der Waals surface area contributed by atoms with E-state index in [1.54, 1.807) is 12.1 Å². The van der Waals surface area contributed by atoms with E-state index in [0.717, 1.165) is 58.7 Å². The molecule has 3 rings (SSSR count). The molecule has 1 atom stereocenters. The van der Waals surface area contributed by atoms with Crippen molar-refractivity contribution < 1.29 is 14.6 Å². The first-order chi connectivity index (χ1) is 11.1. The molecule has 1 aromatic carbocycles. The molecule has 5 nitrogen and oxygen atoms in total. The number of morpholine rings is 1. The van der Waals surface area contributed by atoms with Gasteiger partial charge in [-0.1, -0.05) is 11.6 Å². The number of nitrogens with zero attached hydrogens (tertiary/aromatic N) is 2. The number of halogens is 1. The Morgan fingerprint density at radius 1 is 1.26 bits per heavy atom. The van der Waals surface area contributed by atoms with Gasteiger partial charge in [0, 0.05) is 37.8 Å². The van der Waals surface area contributed by atoms with E-state index < -0.39 is 0 Å². The highest BCUT2D eigenvalue weighted by atomic mass is 35.5. The minimum Gasteiger partial charge on any atom is -0.506 e. The molecule has 0 aliphatic carbocycles. The number of amides is 1. The molecule has 2 heterocycles. The number of hydrogen-bond acceptors (Lipinski definition) is 4. The maximum atomic E-state index is 12.9. The second kappa shape index (κ2) is 7.51. The van der Waals surface area contributed by atoms with Gasteiger partial charge >= 0.3 is 0 Å². The van der Waals surface area contributed by atoms with Gasteiger partial charge in [0.15, 0.2) is 0 Å². The van der Waals surface area contributed by atoms with Crippen LogP contribution in [0.5, 0.6) is 5.75 Å². The standard InChI is InChI=1S/C17H23ClN2O3/c18-15-11-13(4-5-16(15)21)17(22)20-6-2-1-3-14(20)12-19-7-9-23-10-8-19/h4-5,11,14,21H,1-3,6-10,12H2/t14-/m0/s1. The summed E-state index contributed by atoms with van der Waals surface area (Å²) in [5.74, 6) is 0.0107. The fourth-order valence-electron chi connectivity index (χ4n) is 3.35. The molecule has 0 aromatic heterocycles. The number of carbonyl (C=O) groups excluding carboxylic acids is 1. The Bertz CT molecular complexity index is 561. The number of phenolic OH excluding ortho intramolecular Hbond substituents is 1. The van der Waals surface area contributed by atoms with Crippen LogP contribution < -0.4 is 0 Å². The van der Waals surface area contributed by atoms with Gasteiger partial charge in [-0.25, -0.2) is 0 Å². The van der Waals surface area contributed by atoms with Crippen molar-refractivity contribution in [1.82, 2.24) is 9.80 Å². The predicted octanol–water partition coefficient (Wildman–Crippen LogP) is 2.37. The van der Waals surface area contributed by atoms with Crippen molar-refractivity contribution in [3.05, 3.63) is 28.8 Å². The summed E-state index contributed by atoms with van der Waals surface area (Å²) in [5, 5.41) is 9.75. The molecule has 0 saturated carbocycles. The van der Waals surface area contributed by atoms with Crippen molar-refractivity contribution in [2.24, 2.45) is 0 Å². The fraction of sp³-hybridized carbons (Fsp3) is 0.588. The molecule has 0 spiro atoms. The van der Waals surface area contributed by atoms with Gasteiger partial charge in [-0.15, -0.1) is 0 Å². The largest absolute Gasteiger partial charge is 0.506 e. The van der Waals surface area contributed by atoms with E-state index >= 15 is 0 Å². The van der Waals surface area contributed by atoms with Gasteiger partial charge in [-0.05, 0) is 37.5 Å². The van der Waals surface area contributed by atoms with Crippen LogP contribution in [-0.2, 0) is 4.74 Å². The van der Waals surface area contributed by atoms with Gasteiger partial charge in [-0.2, -0.15) is 0 Å². The highest BCUT2D eigenvalue weighted by molar-refractivity contribution is 6.32. The topological polar surface area (TPSA) is 53.0 Å². The number of aromatic hydroxyl groups is 1. The van der Waals surface area contributed by atoms with Crippen molar-refractivity contribution >= 4 is 17.5 Å². The molecule has 23 heavy (non-hydrogen) atoms. The van der Waals surface area contributed by atoms with E-state index in [9.17, 15) is 9.90 Å². The lowest BCUT2D eigenvalue weighted by Gasteiger charge is -2.39. The summed E-state index contributed by atoms with van der Waals surface area (Å²) in [6.45, 7) is 5.10. The zero-order valence-corrected chi connectivity index (χ0v) is 14.0. The molecular weight excluding hydrogens is 316 g/mol. The summed E-state index contributed by atoms with van der Waals surface area (Å²) in [7, 11) is 0. The molecule has 2 aliphatic rings. The first kappa shape index (κ1) is 16.6. The Balaban J connectivity index is 1.71. The number of likely N-dealkylation sites (tertiary alicyclic amines) is 1. The van der Waals surface area contributed by atoms with Crippen LogP contribution in [0.4, 0.5) is 0 Å². The number of carbonyl (C=O) groups is 1. The maximum absolute atomic E-state index is 12.9. The Morgan fingerprint density at radius 2 is 2.04 bits per heavy atom. The molecule has 0 bridgehead atoms. The van der Waals surface area contributed by atoms with Crippen LogP contribution in [-0.4, -0.2) is 66.2 Å². The van der Waals surface area contributed by atoms with Gasteiger partial charge in [0.05, 0.1) is 18.2 Å². The van der Waals surface area contributed by atoms with Gasteiger partial charge in [-0.3, -0.25) is 9.69 Å². The van der Waals surface area contributed by atoms with Gasteiger partial charge in [0.2, 0.25) is 0 Å². The molecule has 1 amide bonds. The smallest absolute Gasteiger partial charge is 0.254 e. The van der Waals surface area contributed by atoms with Gasteiger partial charge in [0.1, 0.15) is 5.75 Å². The molecule has 0 unspecified atom stereocenters. The van der Waals surface area contributed by atoms with Gasteiger partial charge in [0.25, 0.3) is 5.91 Å². The molecule has 126 valence electrons. The Hall–Kier alpha value is -1.30. The second-order valence-electron chi connectivity index (χ2n) is 6.23. The lowest BCUT2D eigenvalue weighted by molar-refractivity contribution is 0.0166. The number of rotatable bonds is 3. The first-order valence-corrected chi connectivity index (χ1v) is 8.62. The molecule has 1 N–H and O–H groups in total. The van der Waals surface area contributed by atoms with Crippen LogP contribution >= 0.6 is 11.6 Å². The number of ether oxygens (including phenoxy) is 1. The van der Waals surface area contributed by atoms with E-state index in [0.29, 0.717) is 5.56 Å². The lowest BCUT2D eigenvalue weighted by atomic mass is 10.00. The highest BCUT2D eigenvalue weighted by Crippen LogP contribution is 2.26. The Kier molecular flexibility index (Phi) is 5.41. The number of phenols is 1. The third kappa shape index (κ3) is 3.97. The Morgan fingerprint density at radius 3 is 2.78 bits per heavy atom. The van der Waals surface area contributed by atoms with Crippen molar-refractivity contribution in [3.8, 4) is 5.75 Å². The zero-order chi connectivity index (χ0) is 16.2. The summed E-state index contributed by atoms with van der Waals surface area (Å²) < 4.78 is 5.40. The summed E-state index contributed by atoms with van der Waals surface area (Å²) in [6.07, 6.45) is 3.24. The molecule has 2 saturated heterocycles. The highest BCUT2D eigenvalue weighted by Gasteiger charge is 2.29. The van der Waals surface area contributed by atoms with E-state index in [1.165, 1.54) is 6.07 Å². The third-order valence-electron chi connectivity index (χ3n) is 4.66. The van der Waals surface area contributed by atoms with Crippen molar-refractivity contribution in [1.29, 1.82) is 0 Å². The van der Waals surface area contributed by atoms with E-state index in [4.69, 9.17) is 16.3 Å². The van der Waals surface area contributed by atoms with Crippen LogP contribution in [0.1, 0.15) is 29.6 Å². The SMILES string of the molecule is O=C(c1ccc(O)c(Cl)c1)N1CCCC[C@H]1CN1CCOCC1. The Labute approximate surface area is 141 Å². The summed E-state index contributed by atoms with van der Waals surface area (Å²) >= 11 is 5.95.